The summed E-state index contributed by atoms with van der Waals surface area (Å²) in [5.41, 5.74) is 1.89. The Morgan fingerprint density at radius 1 is 1.05 bits per heavy atom. The van der Waals surface area contributed by atoms with Crippen molar-refractivity contribution >= 4 is 17.5 Å². The van der Waals surface area contributed by atoms with Gasteiger partial charge in [0.1, 0.15) is 5.78 Å². The lowest BCUT2D eigenvalue weighted by Crippen LogP contribution is -2.28. The first-order valence-corrected chi connectivity index (χ1v) is 14.4. The van der Waals surface area contributed by atoms with Crippen LogP contribution in [0.5, 0.6) is 0 Å². The lowest BCUT2D eigenvalue weighted by atomic mass is 9.89. The molecule has 0 spiro atoms. The van der Waals surface area contributed by atoms with Gasteiger partial charge in [-0.25, -0.2) is 0 Å². The van der Waals surface area contributed by atoms with Crippen molar-refractivity contribution in [3.8, 4) is 0 Å². The highest BCUT2D eigenvalue weighted by atomic mass is 19.3. The van der Waals surface area contributed by atoms with E-state index in [0.717, 1.165) is 17.2 Å². The normalized spacial score (nSPS) is 20.2. The number of Topliss-reactive ketones (excluding diaryl/α,β-unsaturated/α-hetero) is 1. The molecular weight excluding hydrogens is 526 g/mol. The molecule has 0 radical (unpaired) electrons. The Labute approximate surface area is 241 Å². The maximum Gasteiger partial charge on any atom is 0.309 e. The van der Waals surface area contributed by atoms with Gasteiger partial charge in [0, 0.05) is 24.7 Å². The number of hydrogen-bond donors (Lipinski definition) is 1. The zero-order chi connectivity index (χ0) is 29.7. The quantitative estimate of drug-likeness (QED) is 0.159. The van der Waals surface area contributed by atoms with Crippen LogP contribution >= 0.6 is 0 Å². The van der Waals surface area contributed by atoms with Crippen molar-refractivity contribution in [3.05, 3.63) is 96.1 Å². The van der Waals surface area contributed by atoms with Gasteiger partial charge >= 0.3 is 11.9 Å². The van der Waals surface area contributed by atoms with Gasteiger partial charge in [-0.3, -0.25) is 14.4 Å². The largest absolute Gasteiger partial charge is 0.481 e. The molecule has 4 atom stereocenters. The summed E-state index contributed by atoms with van der Waals surface area (Å²) in [5, 5.41) is 9.63. The Bertz CT molecular complexity index is 1180. The van der Waals surface area contributed by atoms with E-state index in [1.165, 1.54) is 6.08 Å². The Kier molecular flexibility index (Phi) is 12.6. The first-order valence-electron chi connectivity index (χ1n) is 14.4. The number of carbonyl (C=O) groups excluding carboxylic acids is 2. The zero-order valence-corrected chi connectivity index (χ0v) is 23.6. The van der Waals surface area contributed by atoms with Crippen LogP contribution in [-0.2, 0) is 32.1 Å². The summed E-state index contributed by atoms with van der Waals surface area (Å²) in [6.07, 6.45) is 7.77. The monoisotopic (exact) mass is 566 g/mol. The van der Waals surface area contributed by atoms with E-state index in [1.807, 2.05) is 72.8 Å². The standard InChI is InChI=1S/C34H40F2O5/c1-2-3-21-34(35,36)32(38)20-19-29-28(30(37)23-31(29)41-24-26-15-9-5-10-16-26)18-12-6-11-17-27(33(39)40)22-25-13-7-4-8-14-25/h4-10,12-16,19-20,27-29,31H,2-3,11,17-18,21-24H2,1H3,(H,39,40)/t27?,28-,29-,31-/m1/s1. The molecule has 2 aromatic rings. The van der Waals surface area contributed by atoms with E-state index in [0.29, 0.717) is 32.1 Å². The van der Waals surface area contributed by atoms with Crippen molar-refractivity contribution in [2.24, 2.45) is 17.8 Å². The SMILES string of the molecule is CCCCC(F)(F)C(=O)C=C[C@H]1[C@H](OCc2ccccc2)CC(=O)[C@@H]1CC=CCCC(Cc1ccccc1)C(=O)O. The summed E-state index contributed by atoms with van der Waals surface area (Å²) in [7, 11) is 0. The molecule has 0 bridgehead atoms. The number of rotatable bonds is 17. The Morgan fingerprint density at radius 2 is 1.71 bits per heavy atom. The first kappa shape index (κ1) is 32.1. The minimum atomic E-state index is -3.44. The number of carboxylic acid groups (broad SMARTS) is 1. The van der Waals surface area contributed by atoms with Crippen LogP contribution < -0.4 is 0 Å². The summed E-state index contributed by atoms with van der Waals surface area (Å²) in [6.45, 7) is 2.06. The molecule has 5 nitrogen and oxygen atoms in total. The third kappa shape index (κ3) is 10.2. The van der Waals surface area contributed by atoms with Gasteiger partial charge in [-0.2, -0.15) is 8.78 Å². The van der Waals surface area contributed by atoms with Crippen molar-refractivity contribution in [1.29, 1.82) is 0 Å². The van der Waals surface area contributed by atoms with E-state index in [1.54, 1.807) is 6.92 Å². The molecule has 2 aromatic carbocycles. The van der Waals surface area contributed by atoms with Gasteiger partial charge in [-0.05, 0) is 49.3 Å². The number of hydrogen-bond acceptors (Lipinski definition) is 4. The van der Waals surface area contributed by atoms with E-state index in [9.17, 15) is 28.3 Å². The molecule has 1 saturated carbocycles. The lowest BCUT2D eigenvalue weighted by Gasteiger charge is -2.21. The first-order chi connectivity index (χ1) is 19.7. The molecular formula is C34H40F2O5. The van der Waals surface area contributed by atoms with Crippen LogP contribution in [-0.4, -0.2) is 34.7 Å². The second-order valence-corrected chi connectivity index (χ2v) is 10.7. The second-order valence-electron chi connectivity index (χ2n) is 10.7. The van der Waals surface area contributed by atoms with Gasteiger partial charge in [0.05, 0.1) is 18.6 Å². The predicted molar refractivity (Wildman–Crippen MR) is 155 cm³/mol. The number of halogens is 2. The minimum Gasteiger partial charge on any atom is -0.481 e. The molecule has 3 rings (SSSR count). The Hall–Kier alpha value is -3.45. The number of alkyl halides is 2. The molecule has 0 heterocycles. The zero-order valence-electron chi connectivity index (χ0n) is 23.6. The second kappa shape index (κ2) is 16.1. The molecule has 0 aliphatic heterocycles. The number of carboxylic acids is 1. The molecule has 1 aliphatic carbocycles. The lowest BCUT2D eigenvalue weighted by molar-refractivity contribution is -0.142. The number of allylic oxidation sites excluding steroid dienone is 3. The molecule has 1 aliphatic rings. The van der Waals surface area contributed by atoms with Gasteiger partial charge in [-0.15, -0.1) is 0 Å². The molecule has 41 heavy (non-hydrogen) atoms. The number of aliphatic carboxylic acids is 1. The van der Waals surface area contributed by atoms with Crippen molar-refractivity contribution < 1.29 is 33.0 Å². The van der Waals surface area contributed by atoms with E-state index >= 15 is 0 Å². The van der Waals surface area contributed by atoms with E-state index < -0.39 is 48.0 Å². The fourth-order valence-electron chi connectivity index (χ4n) is 5.17. The topological polar surface area (TPSA) is 80.7 Å². The highest BCUT2D eigenvalue weighted by Gasteiger charge is 2.42. The fourth-order valence-corrected chi connectivity index (χ4v) is 5.17. The summed E-state index contributed by atoms with van der Waals surface area (Å²) >= 11 is 0. The van der Waals surface area contributed by atoms with Crippen LogP contribution in [0.15, 0.2) is 85.0 Å². The van der Waals surface area contributed by atoms with Crippen molar-refractivity contribution in [1.82, 2.24) is 0 Å². The number of ketones is 2. The molecule has 0 amide bonds. The van der Waals surface area contributed by atoms with Gasteiger partial charge < -0.3 is 9.84 Å². The average molecular weight is 567 g/mol. The van der Waals surface area contributed by atoms with Crippen LogP contribution in [0.25, 0.3) is 0 Å². The molecule has 7 heteroatoms. The average Bonchev–Trinajstić information content (AvgIpc) is 3.27. The third-order valence-corrected chi connectivity index (χ3v) is 7.60. The summed E-state index contributed by atoms with van der Waals surface area (Å²) < 4.78 is 34.7. The summed E-state index contributed by atoms with van der Waals surface area (Å²) in [6, 6.07) is 18.9. The molecule has 0 aromatic heterocycles. The van der Waals surface area contributed by atoms with Crippen molar-refractivity contribution in [2.75, 3.05) is 0 Å². The van der Waals surface area contributed by atoms with Crippen molar-refractivity contribution in [3.63, 3.8) is 0 Å². The maximum atomic E-state index is 14.3. The van der Waals surface area contributed by atoms with E-state index in [2.05, 4.69) is 0 Å². The van der Waals surface area contributed by atoms with E-state index in [-0.39, 0.29) is 25.2 Å². The Balaban J connectivity index is 1.65. The minimum absolute atomic E-state index is 0.0416. The fraction of sp³-hybridized carbons (Fsp3) is 0.441. The maximum absolute atomic E-state index is 14.3. The molecule has 1 unspecified atom stereocenters. The van der Waals surface area contributed by atoms with Crippen LogP contribution in [0.1, 0.15) is 63.0 Å². The molecule has 1 fully saturated rings. The van der Waals surface area contributed by atoms with Crippen LogP contribution in [0.4, 0.5) is 8.78 Å². The molecule has 1 N–H and O–H groups in total. The van der Waals surface area contributed by atoms with Gasteiger partial charge in [-0.1, -0.05) is 92.2 Å². The number of benzene rings is 2. The smallest absolute Gasteiger partial charge is 0.309 e. The van der Waals surface area contributed by atoms with E-state index in [4.69, 9.17) is 4.74 Å². The highest BCUT2D eigenvalue weighted by Crippen LogP contribution is 2.36. The van der Waals surface area contributed by atoms with Crippen LogP contribution in [0.2, 0.25) is 0 Å². The highest BCUT2D eigenvalue weighted by molar-refractivity contribution is 5.96. The van der Waals surface area contributed by atoms with Crippen molar-refractivity contribution in [2.45, 2.75) is 76.9 Å². The molecule has 220 valence electrons. The van der Waals surface area contributed by atoms with Crippen LogP contribution in [0, 0.1) is 17.8 Å². The summed E-state index contributed by atoms with van der Waals surface area (Å²) in [5.74, 6) is -7.14. The van der Waals surface area contributed by atoms with Gasteiger partial charge in [0.2, 0.25) is 5.78 Å². The number of carbonyl (C=O) groups is 3. The van der Waals surface area contributed by atoms with Crippen LogP contribution in [0.3, 0.4) is 0 Å². The number of unbranched alkanes of at least 4 members (excludes halogenated alkanes) is 1. The summed E-state index contributed by atoms with van der Waals surface area (Å²) in [4.78, 5) is 37.1. The van der Waals surface area contributed by atoms with Gasteiger partial charge in [0.25, 0.3) is 0 Å². The predicted octanol–water partition coefficient (Wildman–Crippen LogP) is 7.40. The number of ether oxygens (including phenoxy) is 1. The third-order valence-electron chi connectivity index (χ3n) is 7.60. The Morgan fingerprint density at radius 3 is 2.34 bits per heavy atom. The van der Waals surface area contributed by atoms with Gasteiger partial charge in [0.15, 0.2) is 0 Å². The molecule has 0 saturated heterocycles.